The van der Waals surface area contributed by atoms with Crippen LogP contribution in [0.5, 0.6) is 0 Å². The third kappa shape index (κ3) is 3.13. The fourth-order valence-electron chi connectivity index (χ4n) is 1.06. The van der Waals surface area contributed by atoms with Crippen LogP contribution in [-0.4, -0.2) is 21.0 Å². The molecule has 0 aliphatic rings. The maximum absolute atomic E-state index is 12.6. The van der Waals surface area contributed by atoms with Crippen LogP contribution < -0.4 is 0 Å². The molecular weight excluding hydrogens is 231 g/mol. The molecule has 0 saturated carbocycles. The van der Waals surface area contributed by atoms with Gasteiger partial charge in [-0.3, -0.25) is 9.00 Å². The first-order valence-corrected chi connectivity index (χ1v) is 6.02. The fourth-order valence-corrected chi connectivity index (χ4v) is 2.44. The van der Waals surface area contributed by atoms with E-state index in [0.717, 1.165) is 0 Å². The minimum atomic E-state index is -1.43. The van der Waals surface area contributed by atoms with Crippen molar-refractivity contribution in [2.24, 2.45) is 5.41 Å². The first-order valence-electron chi connectivity index (χ1n) is 4.70. The van der Waals surface area contributed by atoms with Crippen LogP contribution in [0.25, 0.3) is 0 Å². The average Bonchev–Trinajstić information content (AvgIpc) is 2.17. The van der Waals surface area contributed by atoms with E-state index in [4.69, 9.17) is 5.11 Å². The van der Waals surface area contributed by atoms with Crippen LogP contribution in [0.3, 0.4) is 0 Å². The second-order valence-corrected chi connectivity index (χ2v) is 5.58. The number of aliphatic carboxylic acids is 1. The summed E-state index contributed by atoms with van der Waals surface area (Å²) in [5.74, 6) is -1.39. The highest BCUT2D eigenvalue weighted by Crippen LogP contribution is 2.20. The molecule has 0 aromatic heterocycles. The van der Waals surface area contributed by atoms with Crippen molar-refractivity contribution in [3.8, 4) is 0 Å². The zero-order valence-electron chi connectivity index (χ0n) is 9.07. The van der Waals surface area contributed by atoms with Gasteiger partial charge in [0.1, 0.15) is 5.82 Å². The standard InChI is InChI=1S/C11H13FO3S/c1-11(2,10(13)14)7-16(15)9-5-3-8(12)4-6-9/h3-6H,7H2,1-2H3,(H,13,14). The Morgan fingerprint density at radius 3 is 2.31 bits per heavy atom. The number of carboxylic acid groups (broad SMARTS) is 1. The van der Waals surface area contributed by atoms with Gasteiger partial charge in [-0.25, -0.2) is 4.39 Å². The van der Waals surface area contributed by atoms with Crippen LogP contribution in [0.2, 0.25) is 0 Å². The number of hydrogen-bond donors (Lipinski definition) is 1. The summed E-state index contributed by atoms with van der Waals surface area (Å²) in [6.45, 7) is 3.02. The first kappa shape index (κ1) is 12.8. The zero-order chi connectivity index (χ0) is 12.3. The summed E-state index contributed by atoms with van der Waals surface area (Å²) >= 11 is 0. The molecule has 1 rings (SSSR count). The molecule has 1 aromatic carbocycles. The lowest BCUT2D eigenvalue weighted by Crippen LogP contribution is -2.30. The van der Waals surface area contributed by atoms with E-state index < -0.39 is 28.0 Å². The molecule has 0 bridgehead atoms. The van der Waals surface area contributed by atoms with Gasteiger partial charge in [-0.2, -0.15) is 0 Å². The van der Waals surface area contributed by atoms with Crippen molar-refractivity contribution in [3.05, 3.63) is 30.1 Å². The molecule has 0 fully saturated rings. The summed E-state index contributed by atoms with van der Waals surface area (Å²) < 4.78 is 24.4. The molecule has 0 amide bonds. The topological polar surface area (TPSA) is 54.4 Å². The third-order valence-electron chi connectivity index (χ3n) is 2.15. The Bertz CT molecular complexity index is 412. The van der Waals surface area contributed by atoms with Crippen LogP contribution in [0, 0.1) is 11.2 Å². The van der Waals surface area contributed by atoms with Crippen LogP contribution in [0.1, 0.15) is 13.8 Å². The maximum Gasteiger partial charge on any atom is 0.310 e. The Balaban J connectivity index is 2.81. The van der Waals surface area contributed by atoms with Crippen LogP contribution in [0.15, 0.2) is 29.2 Å². The first-order chi connectivity index (χ1) is 7.33. The van der Waals surface area contributed by atoms with Crippen LogP contribution in [0.4, 0.5) is 4.39 Å². The average molecular weight is 244 g/mol. The molecule has 1 atom stereocenters. The highest BCUT2D eigenvalue weighted by atomic mass is 32.2. The molecule has 0 aliphatic heterocycles. The second-order valence-electron chi connectivity index (χ2n) is 4.13. The Hall–Kier alpha value is -1.23. The molecular formula is C11H13FO3S. The van der Waals surface area contributed by atoms with Gasteiger partial charge in [0, 0.05) is 10.6 Å². The molecule has 3 nitrogen and oxygen atoms in total. The largest absolute Gasteiger partial charge is 0.481 e. The maximum atomic E-state index is 12.6. The number of carbonyl (C=O) groups is 1. The molecule has 0 heterocycles. The van der Waals surface area contributed by atoms with Gasteiger partial charge in [-0.15, -0.1) is 0 Å². The smallest absolute Gasteiger partial charge is 0.310 e. The molecule has 5 heteroatoms. The predicted octanol–water partition coefficient (Wildman–Crippen LogP) is 2.04. The van der Waals surface area contributed by atoms with Gasteiger partial charge in [0.2, 0.25) is 0 Å². The minimum Gasteiger partial charge on any atom is -0.481 e. The SMILES string of the molecule is CC(C)(CS(=O)c1ccc(F)cc1)C(=O)O. The van der Waals surface area contributed by atoms with Crippen LogP contribution >= 0.6 is 0 Å². The Labute approximate surface area is 95.8 Å². The van der Waals surface area contributed by atoms with Gasteiger partial charge in [0.05, 0.1) is 16.2 Å². The van der Waals surface area contributed by atoms with Crippen molar-refractivity contribution >= 4 is 16.8 Å². The van der Waals surface area contributed by atoms with Crippen molar-refractivity contribution < 1.29 is 18.5 Å². The van der Waals surface area contributed by atoms with Crippen molar-refractivity contribution in [3.63, 3.8) is 0 Å². The van der Waals surface area contributed by atoms with E-state index in [-0.39, 0.29) is 5.75 Å². The molecule has 0 spiro atoms. The highest BCUT2D eigenvalue weighted by molar-refractivity contribution is 7.85. The number of halogens is 1. The van der Waals surface area contributed by atoms with Gasteiger partial charge in [-0.05, 0) is 38.1 Å². The second kappa shape index (κ2) is 4.74. The number of rotatable bonds is 4. The van der Waals surface area contributed by atoms with Gasteiger partial charge >= 0.3 is 5.97 Å². The van der Waals surface area contributed by atoms with E-state index in [1.165, 1.54) is 38.1 Å². The Morgan fingerprint density at radius 1 is 1.38 bits per heavy atom. The Morgan fingerprint density at radius 2 is 1.88 bits per heavy atom. The van der Waals surface area contributed by atoms with Crippen LogP contribution in [-0.2, 0) is 15.6 Å². The van der Waals surface area contributed by atoms with E-state index in [9.17, 15) is 13.4 Å². The van der Waals surface area contributed by atoms with Gasteiger partial charge in [0.25, 0.3) is 0 Å². The number of hydrogen-bond acceptors (Lipinski definition) is 2. The summed E-state index contributed by atoms with van der Waals surface area (Å²) in [4.78, 5) is 11.3. The van der Waals surface area contributed by atoms with Crippen molar-refractivity contribution in [1.82, 2.24) is 0 Å². The van der Waals surface area contributed by atoms with Gasteiger partial charge in [-0.1, -0.05) is 0 Å². The van der Waals surface area contributed by atoms with E-state index >= 15 is 0 Å². The van der Waals surface area contributed by atoms with Crippen molar-refractivity contribution in [1.29, 1.82) is 0 Å². The summed E-state index contributed by atoms with van der Waals surface area (Å²) in [5, 5.41) is 8.89. The quantitative estimate of drug-likeness (QED) is 0.881. The lowest BCUT2D eigenvalue weighted by molar-refractivity contribution is -0.145. The normalized spacial score (nSPS) is 13.4. The van der Waals surface area contributed by atoms with Gasteiger partial charge in [0.15, 0.2) is 0 Å². The summed E-state index contributed by atoms with van der Waals surface area (Å²) in [6, 6.07) is 5.23. The monoisotopic (exact) mass is 244 g/mol. The zero-order valence-corrected chi connectivity index (χ0v) is 9.88. The van der Waals surface area contributed by atoms with Crippen molar-refractivity contribution in [2.75, 3.05) is 5.75 Å². The van der Waals surface area contributed by atoms with Crippen molar-refractivity contribution in [2.45, 2.75) is 18.7 Å². The Kier molecular flexibility index (Phi) is 3.80. The molecule has 0 aliphatic carbocycles. The molecule has 88 valence electrons. The summed E-state index contributed by atoms with van der Waals surface area (Å²) in [5.41, 5.74) is -1.06. The molecule has 16 heavy (non-hydrogen) atoms. The molecule has 1 aromatic rings. The number of benzene rings is 1. The predicted molar refractivity (Wildman–Crippen MR) is 59.1 cm³/mol. The fraction of sp³-hybridized carbons (Fsp3) is 0.364. The molecule has 1 unspecified atom stereocenters. The van der Waals surface area contributed by atoms with Gasteiger partial charge < -0.3 is 5.11 Å². The lowest BCUT2D eigenvalue weighted by Gasteiger charge is -2.18. The summed E-state index contributed by atoms with van der Waals surface area (Å²) in [7, 11) is -1.43. The van der Waals surface area contributed by atoms with E-state index in [0.29, 0.717) is 4.90 Å². The molecule has 0 saturated heterocycles. The third-order valence-corrected chi connectivity index (χ3v) is 3.93. The van der Waals surface area contributed by atoms with E-state index in [1.54, 1.807) is 0 Å². The lowest BCUT2D eigenvalue weighted by atomic mass is 9.97. The van der Waals surface area contributed by atoms with E-state index in [2.05, 4.69) is 0 Å². The summed E-state index contributed by atoms with van der Waals surface area (Å²) in [6.07, 6.45) is 0. The molecule has 1 N–H and O–H groups in total. The molecule has 0 radical (unpaired) electrons. The van der Waals surface area contributed by atoms with E-state index in [1.807, 2.05) is 0 Å². The minimum absolute atomic E-state index is 0.00790. The highest BCUT2D eigenvalue weighted by Gasteiger charge is 2.29. The number of carboxylic acids is 1.